The Bertz CT molecular complexity index is 221. The summed E-state index contributed by atoms with van der Waals surface area (Å²) in [5, 5.41) is 3.69. The number of nitrogens with one attached hydrogen (secondary N) is 1. The van der Waals surface area contributed by atoms with Crippen molar-refractivity contribution < 1.29 is 0 Å². The van der Waals surface area contributed by atoms with Crippen LogP contribution in [0.4, 0.5) is 0 Å². The van der Waals surface area contributed by atoms with Crippen LogP contribution in [0.1, 0.15) is 70.6 Å². The van der Waals surface area contributed by atoms with Gasteiger partial charge in [-0.05, 0) is 25.8 Å². The summed E-state index contributed by atoms with van der Waals surface area (Å²) in [7, 11) is 8.96. The molecule has 1 N–H and O–H groups in total. The molecule has 0 spiro atoms. The average Bonchev–Trinajstić information content (AvgIpc) is 2.69. The van der Waals surface area contributed by atoms with E-state index < -0.39 is 0 Å². The maximum Gasteiger partial charge on any atom is 0.0750 e. The van der Waals surface area contributed by atoms with Crippen LogP contribution in [0.5, 0.6) is 0 Å². The Labute approximate surface area is 109 Å². The largest absolute Gasteiger partial charge is 0.317 e. The zero-order valence-electron chi connectivity index (χ0n) is 11.5. The maximum absolute atomic E-state index is 6.83. The van der Waals surface area contributed by atoms with Crippen LogP contribution in [-0.2, 0) is 0 Å². The Morgan fingerprint density at radius 2 is 1.47 bits per heavy atom. The molecule has 2 atom stereocenters. The number of rotatable bonds is 2. The van der Waals surface area contributed by atoms with Crippen molar-refractivity contribution in [3.63, 3.8) is 0 Å². The highest BCUT2D eigenvalue weighted by Gasteiger charge is 2.38. The summed E-state index contributed by atoms with van der Waals surface area (Å²) in [6.45, 7) is 0. The first kappa shape index (κ1) is 13.5. The van der Waals surface area contributed by atoms with Crippen molar-refractivity contribution in [3.8, 4) is 0 Å². The summed E-state index contributed by atoms with van der Waals surface area (Å²) in [4.78, 5) is 0. The first-order valence-corrected chi connectivity index (χ1v) is 7.72. The summed E-state index contributed by atoms with van der Waals surface area (Å²) in [5.41, 5.74) is 0. The van der Waals surface area contributed by atoms with E-state index in [0.717, 1.165) is 0 Å². The predicted octanol–water partition coefficient (Wildman–Crippen LogP) is 3.84. The molecule has 0 aromatic rings. The minimum atomic E-state index is 0.133. The van der Waals surface area contributed by atoms with Crippen LogP contribution < -0.4 is 5.32 Å². The van der Waals surface area contributed by atoms with E-state index in [0.29, 0.717) is 12.0 Å². The summed E-state index contributed by atoms with van der Waals surface area (Å²) in [6, 6.07) is 0.667. The molecule has 96 valence electrons. The quantitative estimate of drug-likeness (QED) is 0.564. The van der Waals surface area contributed by atoms with E-state index in [9.17, 15) is 0 Å². The van der Waals surface area contributed by atoms with Crippen LogP contribution in [0, 0.1) is 5.92 Å². The summed E-state index contributed by atoms with van der Waals surface area (Å²) in [6.07, 6.45) is 14.9. The second kappa shape index (κ2) is 6.27. The summed E-state index contributed by atoms with van der Waals surface area (Å²) >= 11 is 0. The third-order valence-electron chi connectivity index (χ3n) is 5.16. The fraction of sp³-hybridized carbons (Fsp3) is 1.00. The van der Waals surface area contributed by atoms with Crippen molar-refractivity contribution in [2.75, 3.05) is 7.05 Å². The van der Waals surface area contributed by atoms with Gasteiger partial charge in [0.25, 0.3) is 0 Å². The molecule has 0 aromatic heterocycles. The lowest BCUT2D eigenvalue weighted by Gasteiger charge is -2.42. The molecular formula is C15H28BN. The Kier molecular flexibility index (Phi) is 4.96. The molecule has 1 nitrogen and oxygen atoms in total. The van der Waals surface area contributed by atoms with Gasteiger partial charge in [-0.25, -0.2) is 0 Å². The van der Waals surface area contributed by atoms with E-state index in [1.165, 1.54) is 70.6 Å². The standard InChI is InChI=1S/C15H28BN/c1-17-14-10-6-4-5-9-13(14)15(16)11-7-2-3-8-12-15/h13-14,17H,2-12H2,1H3. The van der Waals surface area contributed by atoms with Gasteiger partial charge in [-0.15, -0.1) is 0 Å². The molecule has 2 unspecified atom stereocenters. The van der Waals surface area contributed by atoms with E-state index in [1.807, 2.05) is 0 Å². The van der Waals surface area contributed by atoms with Gasteiger partial charge >= 0.3 is 0 Å². The van der Waals surface area contributed by atoms with Crippen LogP contribution in [-0.4, -0.2) is 20.9 Å². The Morgan fingerprint density at radius 3 is 2.12 bits per heavy atom. The molecule has 2 rings (SSSR count). The molecule has 0 saturated heterocycles. The predicted molar refractivity (Wildman–Crippen MR) is 75.6 cm³/mol. The van der Waals surface area contributed by atoms with E-state index in [-0.39, 0.29) is 5.31 Å². The smallest absolute Gasteiger partial charge is 0.0750 e. The van der Waals surface area contributed by atoms with Crippen LogP contribution >= 0.6 is 0 Å². The molecule has 0 aromatic carbocycles. The van der Waals surface area contributed by atoms with Gasteiger partial charge in [-0.1, -0.05) is 63.1 Å². The maximum atomic E-state index is 6.83. The molecule has 2 aliphatic rings. The average molecular weight is 233 g/mol. The number of hydrogen-bond acceptors (Lipinski definition) is 1. The van der Waals surface area contributed by atoms with Crippen molar-refractivity contribution >= 4 is 7.85 Å². The van der Waals surface area contributed by atoms with Crippen molar-refractivity contribution in [1.29, 1.82) is 0 Å². The van der Waals surface area contributed by atoms with Crippen LogP contribution in [0.3, 0.4) is 0 Å². The molecule has 2 saturated carbocycles. The molecule has 0 bridgehead atoms. The van der Waals surface area contributed by atoms with Crippen LogP contribution in [0.15, 0.2) is 0 Å². The second-order valence-electron chi connectivity index (χ2n) is 6.29. The van der Waals surface area contributed by atoms with E-state index in [2.05, 4.69) is 12.4 Å². The first-order chi connectivity index (χ1) is 8.26. The lowest BCUT2D eigenvalue weighted by atomic mass is 9.54. The minimum absolute atomic E-state index is 0.133. The van der Waals surface area contributed by atoms with Crippen molar-refractivity contribution in [2.24, 2.45) is 5.92 Å². The van der Waals surface area contributed by atoms with Gasteiger partial charge in [0, 0.05) is 6.04 Å². The van der Waals surface area contributed by atoms with E-state index in [4.69, 9.17) is 7.85 Å². The van der Waals surface area contributed by atoms with Crippen molar-refractivity contribution in [1.82, 2.24) is 5.32 Å². The van der Waals surface area contributed by atoms with E-state index >= 15 is 0 Å². The van der Waals surface area contributed by atoms with Gasteiger partial charge in [0.15, 0.2) is 0 Å². The lowest BCUT2D eigenvalue weighted by molar-refractivity contribution is 0.237. The number of hydrogen-bond donors (Lipinski definition) is 1. The highest BCUT2D eigenvalue weighted by Crippen LogP contribution is 2.50. The third-order valence-corrected chi connectivity index (χ3v) is 5.16. The van der Waals surface area contributed by atoms with E-state index in [1.54, 1.807) is 0 Å². The summed E-state index contributed by atoms with van der Waals surface area (Å²) < 4.78 is 0. The third kappa shape index (κ3) is 3.27. The molecular weight excluding hydrogens is 205 g/mol. The van der Waals surface area contributed by atoms with Crippen LogP contribution in [0.25, 0.3) is 0 Å². The van der Waals surface area contributed by atoms with Gasteiger partial charge in [-0.2, -0.15) is 0 Å². The van der Waals surface area contributed by atoms with Gasteiger partial charge in [-0.3, -0.25) is 0 Å². The van der Waals surface area contributed by atoms with Gasteiger partial charge < -0.3 is 5.32 Å². The monoisotopic (exact) mass is 233 g/mol. The van der Waals surface area contributed by atoms with Gasteiger partial charge in [0.05, 0.1) is 7.85 Å². The van der Waals surface area contributed by atoms with Gasteiger partial charge in [0.1, 0.15) is 0 Å². The minimum Gasteiger partial charge on any atom is -0.317 e. The highest BCUT2D eigenvalue weighted by atomic mass is 14.9. The van der Waals surface area contributed by atoms with Crippen LogP contribution in [0.2, 0.25) is 5.31 Å². The molecule has 0 amide bonds. The fourth-order valence-corrected chi connectivity index (χ4v) is 4.10. The molecule has 2 aliphatic carbocycles. The zero-order valence-corrected chi connectivity index (χ0v) is 11.5. The summed E-state index contributed by atoms with van der Waals surface area (Å²) in [5.74, 6) is 0.716. The Morgan fingerprint density at radius 1 is 0.882 bits per heavy atom. The van der Waals surface area contributed by atoms with Crippen molar-refractivity contribution in [2.45, 2.75) is 82.0 Å². The normalized spacial score (nSPS) is 34.9. The lowest BCUT2D eigenvalue weighted by Crippen LogP contribution is -2.40. The fourth-order valence-electron chi connectivity index (χ4n) is 4.10. The Hall–Kier alpha value is 0.0249. The first-order valence-electron chi connectivity index (χ1n) is 7.72. The topological polar surface area (TPSA) is 12.0 Å². The second-order valence-corrected chi connectivity index (χ2v) is 6.29. The molecule has 2 fully saturated rings. The van der Waals surface area contributed by atoms with Crippen molar-refractivity contribution in [3.05, 3.63) is 0 Å². The molecule has 0 aliphatic heterocycles. The molecule has 17 heavy (non-hydrogen) atoms. The molecule has 2 radical (unpaired) electrons. The Balaban J connectivity index is 2.09. The molecule has 2 heteroatoms. The van der Waals surface area contributed by atoms with Gasteiger partial charge in [0.2, 0.25) is 0 Å². The molecule has 0 heterocycles. The zero-order chi connectivity index (χ0) is 12.1. The highest BCUT2D eigenvalue weighted by molar-refractivity contribution is 6.15. The SMILES string of the molecule is [B]C1(C2CCCCCC2NC)CCCCCC1.